The largest absolute Gasteiger partial charge is 0.286 e. The summed E-state index contributed by atoms with van der Waals surface area (Å²) >= 11 is 1.49. The minimum atomic E-state index is -0.113. The molecule has 0 aliphatic carbocycles. The molecule has 0 N–H and O–H groups in total. The number of nitrogens with zero attached hydrogens (tertiary/aromatic N) is 4. The Kier molecular flexibility index (Phi) is 4.68. The van der Waals surface area contributed by atoms with Crippen molar-refractivity contribution in [1.82, 2.24) is 19.5 Å². The molecule has 0 amide bonds. The molecule has 0 saturated heterocycles. The summed E-state index contributed by atoms with van der Waals surface area (Å²) < 4.78 is 1.69. The maximum atomic E-state index is 12.4. The van der Waals surface area contributed by atoms with Crippen molar-refractivity contribution < 1.29 is 0 Å². The zero-order valence-corrected chi connectivity index (χ0v) is 11.7. The molecular weight excluding hydrogens is 260 g/mol. The van der Waals surface area contributed by atoms with Crippen LogP contribution in [-0.4, -0.2) is 25.3 Å². The van der Waals surface area contributed by atoms with E-state index in [1.807, 2.05) is 0 Å². The molecular formula is C13H16N4OS. The van der Waals surface area contributed by atoms with Crippen molar-refractivity contribution >= 4 is 22.9 Å². The van der Waals surface area contributed by atoms with E-state index in [1.54, 1.807) is 16.8 Å². The molecule has 2 rings (SSSR count). The first-order chi connectivity index (χ1) is 9.27. The van der Waals surface area contributed by atoms with Gasteiger partial charge in [-0.3, -0.25) is 9.36 Å². The predicted octanol–water partition coefficient (Wildman–Crippen LogP) is 2.26. The number of hydrogen-bond acceptors (Lipinski definition) is 5. The average Bonchev–Trinajstić information content (AvgIpc) is 2.44. The molecule has 6 heteroatoms. The molecule has 0 saturated carbocycles. The van der Waals surface area contributed by atoms with Crippen molar-refractivity contribution in [3.63, 3.8) is 0 Å². The molecule has 0 aliphatic rings. The topological polar surface area (TPSA) is 60.7 Å². The molecule has 5 nitrogen and oxygen atoms in total. The second kappa shape index (κ2) is 6.47. The highest BCUT2D eigenvalue weighted by molar-refractivity contribution is 7.99. The highest BCUT2D eigenvalue weighted by Gasteiger charge is 2.12. The molecule has 0 fully saturated rings. The summed E-state index contributed by atoms with van der Waals surface area (Å²) in [5, 5.41) is 0.686. The van der Waals surface area contributed by atoms with E-state index in [-0.39, 0.29) is 5.56 Å². The van der Waals surface area contributed by atoms with Gasteiger partial charge in [0.2, 0.25) is 0 Å². The SMILES string of the molecule is C=CCSc1nc2nccnc2c(=O)n1CCCC. The standard InChI is InChI=1S/C13H16N4OS/c1-3-5-8-17-12(18)10-11(15-7-6-14-10)16-13(17)19-9-4-2/h4,6-7H,2-3,5,8-9H2,1H3. The van der Waals surface area contributed by atoms with Crippen LogP contribution in [0.2, 0.25) is 0 Å². The molecule has 0 bridgehead atoms. The van der Waals surface area contributed by atoms with Crippen molar-refractivity contribution in [2.45, 2.75) is 31.5 Å². The van der Waals surface area contributed by atoms with Crippen LogP contribution in [-0.2, 0) is 6.54 Å². The zero-order chi connectivity index (χ0) is 13.7. The monoisotopic (exact) mass is 276 g/mol. The van der Waals surface area contributed by atoms with E-state index in [0.717, 1.165) is 12.8 Å². The first kappa shape index (κ1) is 13.7. The highest BCUT2D eigenvalue weighted by atomic mass is 32.2. The fraction of sp³-hybridized carbons (Fsp3) is 0.385. The number of hydrogen-bond donors (Lipinski definition) is 0. The molecule has 0 radical (unpaired) electrons. The van der Waals surface area contributed by atoms with Gasteiger partial charge in [-0.15, -0.1) is 6.58 Å². The Morgan fingerprint density at radius 1 is 1.42 bits per heavy atom. The predicted molar refractivity (Wildman–Crippen MR) is 77.4 cm³/mol. The Hall–Kier alpha value is -1.69. The van der Waals surface area contributed by atoms with Crippen LogP contribution in [0.25, 0.3) is 11.2 Å². The maximum Gasteiger partial charge on any atom is 0.282 e. The van der Waals surface area contributed by atoms with E-state index < -0.39 is 0 Å². The number of aromatic nitrogens is 4. The molecule has 2 aromatic rings. The lowest BCUT2D eigenvalue weighted by atomic mass is 10.3. The van der Waals surface area contributed by atoms with Crippen molar-refractivity contribution in [2.24, 2.45) is 0 Å². The molecule has 2 aromatic heterocycles. The summed E-state index contributed by atoms with van der Waals surface area (Å²) in [6.07, 6.45) is 6.83. The second-order valence-corrected chi connectivity index (χ2v) is 5.02. The van der Waals surface area contributed by atoms with Gasteiger partial charge >= 0.3 is 0 Å². The Morgan fingerprint density at radius 3 is 2.95 bits per heavy atom. The van der Waals surface area contributed by atoms with Crippen LogP contribution in [0.15, 0.2) is 35.0 Å². The number of unbranched alkanes of at least 4 members (excludes halogenated alkanes) is 1. The Morgan fingerprint density at radius 2 is 2.21 bits per heavy atom. The molecule has 0 spiro atoms. The van der Waals surface area contributed by atoms with Gasteiger partial charge in [-0.1, -0.05) is 31.2 Å². The molecule has 2 heterocycles. The van der Waals surface area contributed by atoms with Gasteiger partial charge in [0.05, 0.1) is 0 Å². The molecule has 0 unspecified atom stereocenters. The number of fused-ring (bicyclic) bond motifs is 1. The van der Waals surface area contributed by atoms with Gasteiger partial charge < -0.3 is 0 Å². The van der Waals surface area contributed by atoms with E-state index in [4.69, 9.17) is 0 Å². The van der Waals surface area contributed by atoms with Gasteiger partial charge in [0.1, 0.15) is 0 Å². The van der Waals surface area contributed by atoms with Crippen LogP contribution in [0, 0.1) is 0 Å². The van der Waals surface area contributed by atoms with Crippen LogP contribution in [0.3, 0.4) is 0 Å². The molecule has 0 aliphatic heterocycles. The van der Waals surface area contributed by atoms with Gasteiger partial charge in [0, 0.05) is 24.7 Å². The Bertz CT molecular complexity index is 638. The van der Waals surface area contributed by atoms with Crippen molar-refractivity contribution in [2.75, 3.05) is 5.75 Å². The van der Waals surface area contributed by atoms with E-state index in [9.17, 15) is 4.79 Å². The lowest BCUT2D eigenvalue weighted by molar-refractivity contribution is 0.556. The fourth-order valence-corrected chi connectivity index (χ4v) is 2.43. The van der Waals surface area contributed by atoms with Gasteiger partial charge in [-0.05, 0) is 6.42 Å². The second-order valence-electron chi connectivity index (χ2n) is 4.03. The smallest absolute Gasteiger partial charge is 0.282 e. The minimum absolute atomic E-state index is 0.113. The maximum absolute atomic E-state index is 12.4. The third-order valence-corrected chi connectivity index (χ3v) is 3.60. The molecule has 0 aromatic carbocycles. The summed E-state index contributed by atoms with van der Waals surface area (Å²) in [5.41, 5.74) is 0.631. The first-order valence-corrected chi connectivity index (χ1v) is 7.21. The summed E-state index contributed by atoms with van der Waals surface area (Å²) in [5.74, 6) is 0.713. The summed E-state index contributed by atoms with van der Waals surface area (Å²) in [6.45, 7) is 6.44. The summed E-state index contributed by atoms with van der Waals surface area (Å²) in [6, 6.07) is 0. The van der Waals surface area contributed by atoms with E-state index in [2.05, 4.69) is 28.5 Å². The number of thioether (sulfide) groups is 1. The number of rotatable bonds is 6. The van der Waals surface area contributed by atoms with Crippen molar-refractivity contribution in [1.29, 1.82) is 0 Å². The van der Waals surface area contributed by atoms with Crippen LogP contribution < -0.4 is 5.56 Å². The molecule has 0 atom stereocenters. The highest BCUT2D eigenvalue weighted by Crippen LogP contribution is 2.16. The van der Waals surface area contributed by atoms with Crippen LogP contribution >= 0.6 is 11.8 Å². The van der Waals surface area contributed by atoms with Crippen LogP contribution in [0.5, 0.6) is 0 Å². The van der Waals surface area contributed by atoms with E-state index in [0.29, 0.717) is 28.6 Å². The zero-order valence-electron chi connectivity index (χ0n) is 10.9. The minimum Gasteiger partial charge on any atom is -0.286 e. The Balaban J connectivity index is 2.55. The summed E-state index contributed by atoms with van der Waals surface area (Å²) in [7, 11) is 0. The van der Waals surface area contributed by atoms with Gasteiger partial charge in [-0.2, -0.15) is 0 Å². The molecule has 19 heavy (non-hydrogen) atoms. The fourth-order valence-electron chi connectivity index (χ4n) is 1.69. The van der Waals surface area contributed by atoms with Gasteiger partial charge in [-0.25, -0.2) is 15.0 Å². The lowest BCUT2D eigenvalue weighted by Crippen LogP contribution is -2.24. The van der Waals surface area contributed by atoms with Gasteiger partial charge in [0.25, 0.3) is 5.56 Å². The van der Waals surface area contributed by atoms with Crippen LogP contribution in [0.4, 0.5) is 0 Å². The Labute approximate surface area is 115 Å². The average molecular weight is 276 g/mol. The van der Waals surface area contributed by atoms with E-state index in [1.165, 1.54) is 18.0 Å². The third-order valence-electron chi connectivity index (χ3n) is 2.62. The quantitative estimate of drug-likeness (QED) is 0.460. The van der Waals surface area contributed by atoms with E-state index >= 15 is 0 Å². The first-order valence-electron chi connectivity index (χ1n) is 6.23. The summed E-state index contributed by atoms with van der Waals surface area (Å²) in [4.78, 5) is 25.0. The molecule has 100 valence electrons. The van der Waals surface area contributed by atoms with Crippen LogP contribution in [0.1, 0.15) is 19.8 Å². The normalized spacial score (nSPS) is 10.8. The van der Waals surface area contributed by atoms with Crippen molar-refractivity contribution in [3.05, 3.63) is 35.4 Å². The lowest BCUT2D eigenvalue weighted by Gasteiger charge is -2.10. The van der Waals surface area contributed by atoms with Gasteiger partial charge in [0.15, 0.2) is 16.3 Å². The van der Waals surface area contributed by atoms with Crippen molar-refractivity contribution in [3.8, 4) is 0 Å². The third kappa shape index (κ3) is 3.01.